The highest BCUT2D eigenvalue weighted by Crippen LogP contribution is 2.34. The van der Waals surface area contributed by atoms with Crippen molar-refractivity contribution in [3.63, 3.8) is 0 Å². The number of amides is 1. The smallest absolute Gasteiger partial charge is 0.378 e. The zero-order valence-corrected chi connectivity index (χ0v) is 12.0. The summed E-state index contributed by atoms with van der Waals surface area (Å²) in [5.74, 6) is -1.04. The summed E-state index contributed by atoms with van der Waals surface area (Å²) in [5, 5.41) is 5.29. The molecule has 0 aromatic carbocycles. The second-order valence-electron chi connectivity index (χ2n) is 5.91. The monoisotopic (exact) mass is 308 g/mol. The van der Waals surface area contributed by atoms with Gasteiger partial charge in [-0.2, -0.15) is 13.2 Å². The van der Waals surface area contributed by atoms with Crippen molar-refractivity contribution in [3.8, 4) is 0 Å². The molecule has 0 spiro atoms. The molecule has 0 aromatic heterocycles. The molecule has 2 aliphatic rings. The maximum Gasteiger partial charge on any atom is 0.408 e. The molecule has 1 heterocycles. The molecule has 1 amide bonds. The quantitative estimate of drug-likeness (QED) is 0.835. The van der Waals surface area contributed by atoms with Crippen LogP contribution < -0.4 is 10.6 Å². The molecule has 2 unspecified atom stereocenters. The predicted molar refractivity (Wildman–Crippen MR) is 71.8 cm³/mol. The van der Waals surface area contributed by atoms with Gasteiger partial charge in [-0.15, -0.1) is 0 Å². The van der Waals surface area contributed by atoms with E-state index in [1.807, 2.05) is 0 Å². The third-order valence-electron chi connectivity index (χ3n) is 4.22. The first-order valence-electron chi connectivity index (χ1n) is 7.64. The molecule has 0 bridgehead atoms. The van der Waals surface area contributed by atoms with Crippen molar-refractivity contribution in [1.82, 2.24) is 10.6 Å². The zero-order chi connectivity index (χ0) is 15.3. The van der Waals surface area contributed by atoms with Crippen LogP contribution in [-0.4, -0.2) is 43.9 Å². The van der Waals surface area contributed by atoms with Gasteiger partial charge in [-0.3, -0.25) is 4.79 Å². The molecule has 0 aromatic rings. The van der Waals surface area contributed by atoms with E-state index in [-0.39, 0.29) is 12.5 Å². The van der Waals surface area contributed by atoms with Crippen LogP contribution in [0.5, 0.6) is 0 Å². The Balaban J connectivity index is 1.89. The van der Waals surface area contributed by atoms with Gasteiger partial charge in [0.15, 0.2) is 0 Å². The van der Waals surface area contributed by atoms with Crippen LogP contribution in [0.15, 0.2) is 0 Å². The highest BCUT2D eigenvalue weighted by Gasteiger charge is 2.45. The number of hydrogen-bond acceptors (Lipinski definition) is 3. The summed E-state index contributed by atoms with van der Waals surface area (Å²) in [4.78, 5) is 11.9. The SMILES string of the molecule is O=C(CC1COCCN1)NC(C1CCCCC1)C(F)(F)F. The topological polar surface area (TPSA) is 50.4 Å². The third kappa shape index (κ3) is 5.14. The molecule has 4 nitrogen and oxygen atoms in total. The summed E-state index contributed by atoms with van der Waals surface area (Å²) in [6, 6.07) is -1.91. The van der Waals surface area contributed by atoms with E-state index in [9.17, 15) is 18.0 Å². The average molecular weight is 308 g/mol. The fourth-order valence-electron chi connectivity index (χ4n) is 3.14. The van der Waals surface area contributed by atoms with E-state index in [1.165, 1.54) is 0 Å². The Hall–Kier alpha value is -0.820. The first-order valence-corrected chi connectivity index (χ1v) is 7.64. The van der Waals surface area contributed by atoms with Gasteiger partial charge in [-0.1, -0.05) is 19.3 Å². The van der Waals surface area contributed by atoms with Gasteiger partial charge >= 0.3 is 6.18 Å². The fourth-order valence-corrected chi connectivity index (χ4v) is 3.14. The van der Waals surface area contributed by atoms with Crippen LogP contribution in [0.25, 0.3) is 0 Å². The molecule has 2 N–H and O–H groups in total. The Morgan fingerprint density at radius 3 is 2.57 bits per heavy atom. The molecule has 21 heavy (non-hydrogen) atoms. The molecule has 7 heteroatoms. The zero-order valence-electron chi connectivity index (χ0n) is 12.0. The van der Waals surface area contributed by atoms with Crippen molar-refractivity contribution in [2.45, 2.75) is 56.8 Å². The number of carbonyl (C=O) groups is 1. The van der Waals surface area contributed by atoms with Gasteiger partial charge in [-0.05, 0) is 18.8 Å². The summed E-state index contributed by atoms with van der Waals surface area (Å²) in [6.07, 6.45) is -0.674. The van der Waals surface area contributed by atoms with Crippen LogP contribution in [0, 0.1) is 5.92 Å². The van der Waals surface area contributed by atoms with E-state index in [2.05, 4.69) is 10.6 Å². The molecular weight excluding hydrogens is 285 g/mol. The average Bonchev–Trinajstić information content (AvgIpc) is 2.45. The lowest BCUT2D eigenvalue weighted by molar-refractivity contribution is -0.174. The predicted octanol–water partition coefficient (Wildman–Crippen LogP) is 1.99. The second kappa shape index (κ2) is 7.45. The van der Waals surface area contributed by atoms with Gasteiger partial charge in [0.05, 0.1) is 13.2 Å². The normalized spacial score (nSPS) is 26.3. The fraction of sp³-hybridized carbons (Fsp3) is 0.929. The van der Waals surface area contributed by atoms with Crippen molar-refractivity contribution >= 4 is 5.91 Å². The van der Waals surface area contributed by atoms with E-state index in [4.69, 9.17) is 4.74 Å². The third-order valence-corrected chi connectivity index (χ3v) is 4.22. The Morgan fingerprint density at radius 1 is 1.29 bits per heavy atom. The maximum absolute atomic E-state index is 13.2. The number of carbonyl (C=O) groups excluding carboxylic acids is 1. The highest BCUT2D eigenvalue weighted by atomic mass is 19.4. The summed E-state index contributed by atoms with van der Waals surface area (Å²) in [5.41, 5.74) is 0. The molecule has 1 aliphatic heterocycles. The van der Waals surface area contributed by atoms with Gasteiger partial charge in [0.25, 0.3) is 0 Å². The molecule has 1 aliphatic carbocycles. The number of rotatable bonds is 4. The highest BCUT2D eigenvalue weighted by molar-refractivity contribution is 5.77. The van der Waals surface area contributed by atoms with Crippen molar-refractivity contribution in [2.75, 3.05) is 19.8 Å². The number of halogens is 3. The van der Waals surface area contributed by atoms with Crippen molar-refractivity contribution in [1.29, 1.82) is 0 Å². The lowest BCUT2D eigenvalue weighted by atomic mass is 9.83. The Kier molecular flexibility index (Phi) is 5.87. The lowest BCUT2D eigenvalue weighted by Crippen LogP contribution is -2.52. The lowest BCUT2D eigenvalue weighted by Gasteiger charge is -2.33. The molecular formula is C14H23F3N2O2. The van der Waals surface area contributed by atoms with Crippen LogP contribution in [0.3, 0.4) is 0 Å². The van der Waals surface area contributed by atoms with Crippen LogP contribution in [0.2, 0.25) is 0 Å². The van der Waals surface area contributed by atoms with Gasteiger partial charge in [-0.25, -0.2) is 0 Å². The molecule has 2 fully saturated rings. The standard InChI is InChI=1S/C14H23F3N2O2/c15-14(16,17)13(10-4-2-1-3-5-10)19-12(20)8-11-9-21-7-6-18-11/h10-11,13,18H,1-9H2,(H,19,20). The molecule has 0 radical (unpaired) electrons. The van der Waals surface area contributed by atoms with Gasteiger partial charge in [0.2, 0.25) is 5.91 Å². The minimum Gasteiger partial charge on any atom is -0.378 e. The second-order valence-corrected chi connectivity index (χ2v) is 5.91. The Morgan fingerprint density at radius 2 is 2.00 bits per heavy atom. The van der Waals surface area contributed by atoms with Crippen molar-refractivity contribution < 1.29 is 22.7 Å². The first-order chi connectivity index (χ1) is 9.97. The van der Waals surface area contributed by atoms with Crippen LogP contribution >= 0.6 is 0 Å². The van der Waals surface area contributed by atoms with E-state index in [0.29, 0.717) is 32.6 Å². The number of alkyl halides is 3. The number of nitrogens with one attached hydrogen (secondary N) is 2. The van der Waals surface area contributed by atoms with Crippen LogP contribution in [0.1, 0.15) is 38.5 Å². The molecule has 1 saturated carbocycles. The summed E-state index contributed by atoms with van der Waals surface area (Å²) in [6.45, 7) is 1.57. The minimum absolute atomic E-state index is 0.0271. The summed E-state index contributed by atoms with van der Waals surface area (Å²) in [7, 11) is 0. The maximum atomic E-state index is 13.2. The number of hydrogen-bond donors (Lipinski definition) is 2. The molecule has 2 rings (SSSR count). The molecule has 122 valence electrons. The molecule has 2 atom stereocenters. The first kappa shape index (κ1) is 16.5. The Labute approximate surface area is 122 Å². The van der Waals surface area contributed by atoms with Gasteiger partial charge < -0.3 is 15.4 Å². The van der Waals surface area contributed by atoms with Gasteiger partial charge in [0, 0.05) is 19.0 Å². The summed E-state index contributed by atoms with van der Waals surface area (Å²) >= 11 is 0. The largest absolute Gasteiger partial charge is 0.408 e. The van der Waals surface area contributed by atoms with E-state index >= 15 is 0 Å². The minimum atomic E-state index is -4.38. The molecule has 1 saturated heterocycles. The number of morpholine rings is 1. The van der Waals surface area contributed by atoms with E-state index < -0.39 is 24.0 Å². The van der Waals surface area contributed by atoms with Crippen molar-refractivity contribution in [3.05, 3.63) is 0 Å². The van der Waals surface area contributed by atoms with E-state index in [0.717, 1.165) is 19.3 Å². The van der Waals surface area contributed by atoms with Gasteiger partial charge in [0.1, 0.15) is 6.04 Å². The summed E-state index contributed by atoms with van der Waals surface area (Å²) < 4.78 is 44.8. The number of ether oxygens (including phenoxy) is 1. The van der Waals surface area contributed by atoms with Crippen LogP contribution in [-0.2, 0) is 9.53 Å². The Bertz CT molecular complexity index is 338. The van der Waals surface area contributed by atoms with Crippen molar-refractivity contribution in [2.24, 2.45) is 5.92 Å². The van der Waals surface area contributed by atoms with Crippen LogP contribution in [0.4, 0.5) is 13.2 Å². The van der Waals surface area contributed by atoms with E-state index in [1.54, 1.807) is 0 Å².